The lowest BCUT2D eigenvalue weighted by Gasteiger charge is -2.25. The summed E-state index contributed by atoms with van der Waals surface area (Å²) in [5, 5.41) is 4.14. The largest absolute Gasteiger partial charge is 0.344 e. The second kappa shape index (κ2) is 8.68. The van der Waals surface area contributed by atoms with Crippen LogP contribution in [0.25, 0.3) is 0 Å². The average molecular weight is 300 g/mol. The zero-order valence-electron chi connectivity index (χ0n) is 13.6. The molecule has 0 saturated heterocycles. The van der Waals surface area contributed by atoms with Gasteiger partial charge in [0.1, 0.15) is 5.82 Å². The number of aromatic nitrogens is 2. The van der Waals surface area contributed by atoms with E-state index in [1.165, 1.54) is 6.42 Å². The Morgan fingerprint density at radius 3 is 2.40 bits per heavy atom. The highest BCUT2D eigenvalue weighted by atomic mass is 35.5. The molecule has 0 aliphatic heterocycles. The van der Waals surface area contributed by atoms with Gasteiger partial charge in [0, 0.05) is 13.0 Å². The number of halogens is 1. The van der Waals surface area contributed by atoms with Gasteiger partial charge in [-0.2, -0.15) is 0 Å². The molecule has 4 heteroatoms. The molecule has 0 amide bonds. The topological polar surface area (TPSA) is 40.7 Å². The van der Waals surface area contributed by atoms with E-state index in [1.54, 1.807) is 0 Å². The molecular formula is C16H30ClN3. The molecule has 1 aromatic heterocycles. The fourth-order valence-electron chi connectivity index (χ4n) is 2.62. The molecule has 0 aliphatic carbocycles. The molecule has 1 rings (SSSR count). The molecule has 2 N–H and O–H groups in total. The van der Waals surface area contributed by atoms with Crippen molar-refractivity contribution in [2.45, 2.75) is 60.4 Å². The maximum atomic E-state index is 6.18. The molecule has 0 spiro atoms. The number of H-pyrrole nitrogens is 1. The third-order valence-corrected chi connectivity index (χ3v) is 4.25. The van der Waals surface area contributed by atoms with Crippen LogP contribution in [0.5, 0.6) is 0 Å². The number of nitrogens with one attached hydrogen (secondary N) is 2. The predicted octanol–water partition coefficient (Wildman–Crippen LogP) is 4.42. The van der Waals surface area contributed by atoms with E-state index in [1.807, 2.05) is 0 Å². The maximum absolute atomic E-state index is 6.18. The second-order valence-corrected chi connectivity index (χ2v) is 6.70. The number of aromatic amines is 1. The summed E-state index contributed by atoms with van der Waals surface area (Å²) < 4.78 is 0. The summed E-state index contributed by atoms with van der Waals surface area (Å²) in [5.74, 6) is 3.09. The summed E-state index contributed by atoms with van der Waals surface area (Å²) in [4.78, 5) is 7.73. The van der Waals surface area contributed by atoms with Gasteiger partial charge in [0.15, 0.2) is 5.15 Å². The number of rotatable bonds is 9. The average Bonchev–Trinajstić information content (AvgIpc) is 2.72. The van der Waals surface area contributed by atoms with Crippen LogP contribution in [0.1, 0.15) is 59.0 Å². The molecule has 0 bridgehead atoms. The fourth-order valence-corrected chi connectivity index (χ4v) is 2.84. The molecule has 116 valence electrons. The number of unbranched alkanes of at least 4 members (excludes halogenated alkanes) is 1. The maximum Gasteiger partial charge on any atom is 0.151 e. The zero-order chi connectivity index (χ0) is 15.1. The monoisotopic (exact) mass is 299 g/mol. The van der Waals surface area contributed by atoms with Gasteiger partial charge in [-0.3, -0.25) is 0 Å². The van der Waals surface area contributed by atoms with Gasteiger partial charge in [-0.1, -0.05) is 52.6 Å². The summed E-state index contributed by atoms with van der Waals surface area (Å²) in [7, 11) is 0. The van der Waals surface area contributed by atoms with Gasteiger partial charge in [-0.05, 0) is 30.7 Å². The van der Waals surface area contributed by atoms with Crippen molar-refractivity contribution in [2.24, 2.45) is 17.8 Å². The zero-order valence-corrected chi connectivity index (χ0v) is 14.3. The van der Waals surface area contributed by atoms with Crippen molar-refractivity contribution in [2.75, 3.05) is 6.54 Å². The highest BCUT2D eigenvalue weighted by molar-refractivity contribution is 6.30. The highest BCUT2D eigenvalue weighted by Gasteiger charge is 2.17. The third kappa shape index (κ3) is 5.45. The lowest BCUT2D eigenvalue weighted by Crippen LogP contribution is -2.29. The van der Waals surface area contributed by atoms with Crippen LogP contribution < -0.4 is 5.32 Å². The van der Waals surface area contributed by atoms with Crippen molar-refractivity contribution in [3.63, 3.8) is 0 Å². The Morgan fingerprint density at radius 1 is 1.20 bits per heavy atom. The minimum atomic E-state index is 0.620. The van der Waals surface area contributed by atoms with Crippen LogP contribution in [-0.4, -0.2) is 16.5 Å². The Hall–Kier alpha value is -0.540. The van der Waals surface area contributed by atoms with Crippen LogP contribution >= 0.6 is 11.6 Å². The number of hydrogen-bond acceptors (Lipinski definition) is 2. The van der Waals surface area contributed by atoms with E-state index < -0.39 is 0 Å². The molecule has 0 aromatic carbocycles. The molecule has 0 saturated carbocycles. The molecule has 0 fully saturated rings. The molecule has 0 unspecified atom stereocenters. The van der Waals surface area contributed by atoms with Gasteiger partial charge in [0.25, 0.3) is 0 Å². The number of aryl methyl sites for hydroxylation is 1. The first-order valence-corrected chi connectivity index (χ1v) is 8.27. The standard InChI is InChI=1S/C16H30ClN3/c1-6-7-8-15-19-14(16(17)20-15)10-18-9-13(11(2)3)12(4)5/h11-13,18H,6-10H2,1-5H3,(H,19,20). The van der Waals surface area contributed by atoms with Gasteiger partial charge in [0.2, 0.25) is 0 Å². The van der Waals surface area contributed by atoms with Gasteiger partial charge in [-0.25, -0.2) is 4.98 Å². The van der Waals surface area contributed by atoms with Crippen molar-refractivity contribution in [3.8, 4) is 0 Å². The smallest absolute Gasteiger partial charge is 0.151 e. The summed E-state index contributed by atoms with van der Waals surface area (Å²) in [6.07, 6.45) is 3.31. The minimum absolute atomic E-state index is 0.620. The van der Waals surface area contributed by atoms with E-state index in [2.05, 4.69) is 49.9 Å². The van der Waals surface area contributed by atoms with E-state index in [-0.39, 0.29) is 0 Å². The summed E-state index contributed by atoms with van der Waals surface area (Å²) in [5.41, 5.74) is 1.02. The second-order valence-electron chi connectivity index (χ2n) is 6.34. The molecule has 20 heavy (non-hydrogen) atoms. The van der Waals surface area contributed by atoms with E-state index in [0.29, 0.717) is 22.9 Å². The molecule has 0 atom stereocenters. The van der Waals surface area contributed by atoms with Crippen LogP contribution in [0.15, 0.2) is 0 Å². The molecule has 3 nitrogen and oxygen atoms in total. The Bertz CT molecular complexity index is 377. The lowest BCUT2D eigenvalue weighted by atomic mass is 9.85. The molecule has 0 aliphatic rings. The van der Waals surface area contributed by atoms with Crippen molar-refractivity contribution >= 4 is 11.6 Å². The SMILES string of the molecule is CCCCc1nc(Cl)c(CNCC(C(C)C)C(C)C)[nH]1. The fraction of sp³-hybridized carbons (Fsp3) is 0.812. The normalized spacial score (nSPS) is 12.1. The van der Waals surface area contributed by atoms with Gasteiger partial charge in [-0.15, -0.1) is 0 Å². The van der Waals surface area contributed by atoms with Crippen LogP contribution in [0.3, 0.4) is 0 Å². The molecule has 1 heterocycles. The van der Waals surface area contributed by atoms with Gasteiger partial charge in [0.05, 0.1) is 5.69 Å². The van der Waals surface area contributed by atoms with Crippen LogP contribution in [0, 0.1) is 17.8 Å². The minimum Gasteiger partial charge on any atom is -0.344 e. The van der Waals surface area contributed by atoms with Gasteiger partial charge < -0.3 is 10.3 Å². The Labute approximate surface area is 128 Å². The van der Waals surface area contributed by atoms with E-state index >= 15 is 0 Å². The Kier molecular flexibility index (Phi) is 7.60. The molecule has 0 radical (unpaired) electrons. The van der Waals surface area contributed by atoms with Crippen molar-refractivity contribution < 1.29 is 0 Å². The third-order valence-electron chi connectivity index (χ3n) is 3.94. The number of hydrogen-bond donors (Lipinski definition) is 2. The van der Waals surface area contributed by atoms with Crippen molar-refractivity contribution in [1.29, 1.82) is 0 Å². The van der Waals surface area contributed by atoms with Gasteiger partial charge >= 0.3 is 0 Å². The number of nitrogens with zero attached hydrogens (tertiary/aromatic N) is 1. The Balaban J connectivity index is 2.47. The molecular weight excluding hydrogens is 270 g/mol. The van der Waals surface area contributed by atoms with E-state index in [0.717, 1.165) is 37.4 Å². The predicted molar refractivity (Wildman–Crippen MR) is 87.1 cm³/mol. The van der Waals surface area contributed by atoms with Crippen LogP contribution in [0.2, 0.25) is 5.15 Å². The summed E-state index contributed by atoms with van der Waals surface area (Å²) >= 11 is 6.18. The number of imidazole rings is 1. The van der Waals surface area contributed by atoms with Crippen LogP contribution in [0.4, 0.5) is 0 Å². The summed E-state index contributed by atoms with van der Waals surface area (Å²) in [6, 6.07) is 0. The van der Waals surface area contributed by atoms with Crippen molar-refractivity contribution in [3.05, 3.63) is 16.7 Å². The van der Waals surface area contributed by atoms with Crippen LogP contribution in [-0.2, 0) is 13.0 Å². The van der Waals surface area contributed by atoms with E-state index in [9.17, 15) is 0 Å². The van der Waals surface area contributed by atoms with E-state index in [4.69, 9.17) is 11.6 Å². The highest BCUT2D eigenvalue weighted by Crippen LogP contribution is 2.20. The Morgan fingerprint density at radius 2 is 1.85 bits per heavy atom. The first-order valence-electron chi connectivity index (χ1n) is 7.89. The van der Waals surface area contributed by atoms with Crippen molar-refractivity contribution in [1.82, 2.24) is 15.3 Å². The first kappa shape index (κ1) is 17.5. The first-order chi connectivity index (χ1) is 9.45. The molecule has 1 aromatic rings. The quantitative estimate of drug-likeness (QED) is 0.708. The lowest BCUT2D eigenvalue weighted by molar-refractivity contribution is 0.275. The summed E-state index contributed by atoms with van der Waals surface area (Å²) in [6.45, 7) is 13.1.